The summed E-state index contributed by atoms with van der Waals surface area (Å²) in [5, 5.41) is 20.1. The van der Waals surface area contributed by atoms with Crippen LogP contribution in [0.5, 0.6) is 5.75 Å². The molecule has 1 aromatic heterocycles. The number of rotatable bonds is 7. The molecule has 1 aromatic carbocycles. The number of methoxy groups -OCH3 is 1. The fraction of sp³-hybridized carbons (Fsp3) is 0.400. The van der Waals surface area contributed by atoms with Crippen molar-refractivity contribution in [3.63, 3.8) is 0 Å². The highest BCUT2D eigenvalue weighted by molar-refractivity contribution is 5.84. The predicted octanol–water partition coefficient (Wildman–Crippen LogP) is 0.317. The molecule has 0 saturated carbocycles. The van der Waals surface area contributed by atoms with Crippen molar-refractivity contribution in [2.75, 3.05) is 20.7 Å². The highest BCUT2D eigenvalue weighted by Crippen LogP contribution is 2.20. The molecule has 1 heterocycles. The molecule has 9 heteroatoms. The van der Waals surface area contributed by atoms with Crippen molar-refractivity contribution in [2.45, 2.75) is 19.4 Å². The first-order valence-corrected chi connectivity index (χ1v) is 7.26. The van der Waals surface area contributed by atoms with Crippen LogP contribution in [0.15, 0.2) is 24.3 Å². The van der Waals surface area contributed by atoms with Gasteiger partial charge in [0.2, 0.25) is 5.91 Å². The number of likely N-dealkylation sites (N-methyl/N-ethyl adjacent to an activating group) is 1. The van der Waals surface area contributed by atoms with Crippen LogP contribution in [0.4, 0.5) is 0 Å². The van der Waals surface area contributed by atoms with Gasteiger partial charge in [0.15, 0.2) is 0 Å². The van der Waals surface area contributed by atoms with E-state index in [1.807, 2.05) is 18.2 Å². The van der Waals surface area contributed by atoms with E-state index in [4.69, 9.17) is 9.84 Å². The van der Waals surface area contributed by atoms with Crippen molar-refractivity contribution < 1.29 is 19.4 Å². The Bertz CT molecular complexity index is 730. The molecule has 0 fully saturated rings. The summed E-state index contributed by atoms with van der Waals surface area (Å²) >= 11 is 0. The smallest absolute Gasteiger partial charge is 0.323 e. The highest BCUT2D eigenvalue weighted by Gasteiger charge is 2.28. The second kappa shape index (κ2) is 7.53. The maximum absolute atomic E-state index is 12.7. The summed E-state index contributed by atoms with van der Waals surface area (Å²) in [6.07, 6.45) is 0.311. The fourth-order valence-corrected chi connectivity index (χ4v) is 2.36. The van der Waals surface area contributed by atoms with E-state index in [1.165, 1.54) is 11.7 Å². The van der Waals surface area contributed by atoms with E-state index >= 15 is 0 Å². The average Bonchev–Trinajstić information content (AvgIpc) is 2.97. The number of aryl methyl sites for hydroxylation is 1. The van der Waals surface area contributed by atoms with Crippen LogP contribution in [0.1, 0.15) is 17.4 Å². The largest absolute Gasteiger partial charge is 0.497 e. The molecule has 0 aliphatic rings. The van der Waals surface area contributed by atoms with Gasteiger partial charge in [0.25, 0.3) is 0 Å². The van der Waals surface area contributed by atoms with Crippen LogP contribution in [0.2, 0.25) is 0 Å². The second-order valence-electron chi connectivity index (χ2n) is 5.33. The standard InChI is InChI=1S/C15H19N5O4/c1-10-16-17-18-20(10)13(15(23)19(2)9-14(21)22)8-11-5-4-6-12(7-11)24-3/h4-7,13H,8-9H2,1-3H3,(H,21,22). The SMILES string of the molecule is COc1cccc(CC(C(=O)N(C)CC(=O)O)n2nnnc2C)c1. The van der Waals surface area contributed by atoms with E-state index in [1.54, 1.807) is 20.1 Å². The number of amides is 1. The molecule has 1 N–H and O–H groups in total. The number of carboxylic acid groups (broad SMARTS) is 1. The molecular weight excluding hydrogens is 314 g/mol. The Balaban J connectivity index is 2.31. The van der Waals surface area contributed by atoms with Crippen LogP contribution in [-0.2, 0) is 16.0 Å². The summed E-state index contributed by atoms with van der Waals surface area (Å²) < 4.78 is 6.59. The summed E-state index contributed by atoms with van der Waals surface area (Å²) in [4.78, 5) is 24.7. The van der Waals surface area contributed by atoms with Crippen molar-refractivity contribution in [3.05, 3.63) is 35.7 Å². The zero-order valence-electron chi connectivity index (χ0n) is 13.7. The molecule has 2 rings (SSSR count). The number of hydrogen-bond acceptors (Lipinski definition) is 6. The quantitative estimate of drug-likeness (QED) is 0.776. The number of tetrazole rings is 1. The number of aliphatic carboxylic acids is 1. The van der Waals surface area contributed by atoms with Gasteiger partial charge in [-0.2, -0.15) is 0 Å². The topological polar surface area (TPSA) is 110 Å². The third kappa shape index (κ3) is 4.06. The van der Waals surface area contributed by atoms with E-state index in [2.05, 4.69) is 15.5 Å². The molecule has 128 valence electrons. The van der Waals surface area contributed by atoms with Gasteiger partial charge in [-0.05, 0) is 35.0 Å². The summed E-state index contributed by atoms with van der Waals surface area (Å²) in [6.45, 7) is 1.29. The fourth-order valence-electron chi connectivity index (χ4n) is 2.36. The third-order valence-corrected chi connectivity index (χ3v) is 3.55. The number of nitrogens with zero attached hydrogens (tertiary/aromatic N) is 5. The summed E-state index contributed by atoms with van der Waals surface area (Å²) in [7, 11) is 3.00. The lowest BCUT2D eigenvalue weighted by Crippen LogP contribution is -2.39. The number of carboxylic acids is 1. The van der Waals surface area contributed by atoms with Crippen molar-refractivity contribution in [1.82, 2.24) is 25.1 Å². The Hall–Kier alpha value is -2.97. The zero-order valence-corrected chi connectivity index (χ0v) is 13.7. The number of carbonyl (C=O) groups excluding carboxylic acids is 1. The molecule has 0 spiro atoms. The van der Waals surface area contributed by atoms with Crippen molar-refractivity contribution in [3.8, 4) is 5.75 Å². The Kier molecular flexibility index (Phi) is 5.46. The number of carbonyl (C=O) groups is 2. The number of benzene rings is 1. The normalized spacial score (nSPS) is 11.8. The van der Waals surface area contributed by atoms with Gasteiger partial charge in [0.05, 0.1) is 7.11 Å². The molecule has 0 radical (unpaired) electrons. The first kappa shape index (κ1) is 17.4. The second-order valence-corrected chi connectivity index (χ2v) is 5.33. The number of ether oxygens (including phenoxy) is 1. The van der Waals surface area contributed by atoms with Gasteiger partial charge in [-0.1, -0.05) is 12.1 Å². The molecule has 0 aliphatic heterocycles. The summed E-state index contributed by atoms with van der Waals surface area (Å²) in [5.41, 5.74) is 0.853. The van der Waals surface area contributed by atoms with Crippen LogP contribution in [-0.4, -0.2) is 62.8 Å². The molecule has 1 amide bonds. The first-order valence-electron chi connectivity index (χ1n) is 7.26. The van der Waals surface area contributed by atoms with E-state index in [-0.39, 0.29) is 5.91 Å². The van der Waals surface area contributed by atoms with Gasteiger partial charge in [-0.3, -0.25) is 9.59 Å². The van der Waals surface area contributed by atoms with E-state index in [0.29, 0.717) is 18.0 Å². The molecule has 2 aromatic rings. The van der Waals surface area contributed by atoms with E-state index in [9.17, 15) is 9.59 Å². The summed E-state index contributed by atoms with van der Waals surface area (Å²) in [6, 6.07) is 6.57. The first-order chi connectivity index (χ1) is 11.4. The van der Waals surface area contributed by atoms with Crippen LogP contribution in [0.3, 0.4) is 0 Å². The number of hydrogen-bond donors (Lipinski definition) is 1. The third-order valence-electron chi connectivity index (χ3n) is 3.55. The van der Waals surface area contributed by atoms with Gasteiger partial charge in [0.1, 0.15) is 24.2 Å². The van der Waals surface area contributed by atoms with Crippen molar-refractivity contribution in [1.29, 1.82) is 0 Å². The molecule has 0 aliphatic carbocycles. The van der Waals surface area contributed by atoms with Gasteiger partial charge in [-0.15, -0.1) is 5.10 Å². The van der Waals surface area contributed by atoms with Crippen molar-refractivity contribution in [2.24, 2.45) is 0 Å². The van der Waals surface area contributed by atoms with Gasteiger partial charge in [0, 0.05) is 13.5 Å². The molecule has 1 atom stereocenters. The molecule has 0 saturated heterocycles. The Morgan fingerprint density at radius 2 is 2.17 bits per heavy atom. The monoisotopic (exact) mass is 333 g/mol. The maximum Gasteiger partial charge on any atom is 0.323 e. The van der Waals surface area contributed by atoms with Crippen molar-refractivity contribution >= 4 is 11.9 Å². The maximum atomic E-state index is 12.7. The van der Waals surface area contributed by atoms with Crippen LogP contribution >= 0.6 is 0 Å². The molecule has 24 heavy (non-hydrogen) atoms. The number of aromatic nitrogens is 4. The average molecular weight is 333 g/mol. The lowest BCUT2D eigenvalue weighted by molar-refractivity contribution is -0.145. The molecular formula is C15H19N5O4. The van der Waals surface area contributed by atoms with Gasteiger partial charge in [-0.25, -0.2) is 4.68 Å². The van der Waals surface area contributed by atoms with Gasteiger partial charge >= 0.3 is 5.97 Å². The molecule has 0 bridgehead atoms. The minimum absolute atomic E-state index is 0.311. The Morgan fingerprint density at radius 3 is 2.75 bits per heavy atom. The zero-order chi connectivity index (χ0) is 17.7. The van der Waals surface area contributed by atoms with Gasteiger partial charge < -0.3 is 14.7 Å². The summed E-state index contributed by atoms with van der Waals surface area (Å²) in [5.74, 6) is -0.318. The molecule has 9 nitrogen and oxygen atoms in total. The van der Waals surface area contributed by atoms with Crippen LogP contribution < -0.4 is 4.74 Å². The minimum Gasteiger partial charge on any atom is -0.497 e. The van der Waals surface area contributed by atoms with Crippen LogP contribution in [0.25, 0.3) is 0 Å². The molecule has 1 unspecified atom stereocenters. The predicted molar refractivity (Wildman–Crippen MR) is 83.6 cm³/mol. The Morgan fingerprint density at radius 1 is 1.42 bits per heavy atom. The van der Waals surface area contributed by atoms with Crippen LogP contribution in [0, 0.1) is 6.92 Å². The van der Waals surface area contributed by atoms with E-state index < -0.39 is 18.6 Å². The highest BCUT2D eigenvalue weighted by atomic mass is 16.5. The minimum atomic E-state index is -1.08. The Labute approximate surface area is 138 Å². The lowest BCUT2D eigenvalue weighted by atomic mass is 10.0. The lowest BCUT2D eigenvalue weighted by Gasteiger charge is -2.23. The van der Waals surface area contributed by atoms with E-state index in [0.717, 1.165) is 10.5 Å².